The predicted octanol–water partition coefficient (Wildman–Crippen LogP) is 3.93. The van der Waals surface area contributed by atoms with Crippen molar-refractivity contribution < 1.29 is 9.53 Å². The van der Waals surface area contributed by atoms with Gasteiger partial charge in [0.25, 0.3) is 0 Å². The zero-order chi connectivity index (χ0) is 16.2. The first-order valence-electron chi connectivity index (χ1n) is 7.50. The van der Waals surface area contributed by atoms with E-state index in [1.165, 1.54) is 0 Å². The van der Waals surface area contributed by atoms with Crippen LogP contribution in [0.15, 0.2) is 0 Å². The highest BCUT2D eigenvalue weighted by Gasteiger charge is 2.30. The molecular formula is C16H34N2O2. The van der Waals surface area contributed by atoms with Gasteiger partial charge in [0.2, 0.25) is 0 Å². The highest BCUT2D eigenvalue weighted by Crippen LogP contribution is 2.24. The molecule has 0 rings (SSSR count). The van der Waals surface area contributed by atoms with E-state index in [-0.39, 0.29) is 17.2 Å². The van der Waals surface area contributed by atoms with Crippen LogP contribution in [0.5, 0.6) is 0 Å². The van der Waals surface area contributed by atoms with Crippen LogP contribution in [0.3, 0.4) is 0 Å². The van der Waals surface area contributed by atoms with Gasteiger partial charge in [-0.05, 0) is 61.3 Å². The van der Waals surface area contributed by atoms with Crippen molar-refractivity contribution in [3.63, 3.8) is 0 Å². The average Bonchev–Trinajstić information content (AvgIpc) is 2.19. The molecule has 120 valence electrons. The minimum atomic E-state index is -0.453. The second kappa shape index (κ2) is 6.79. The van der Waals surface area contributed by atoms with E-state index in [9.17, 15) is 4.79 Å². The van der Waals surface area contributed by atoms with Crippen molar-refractivity contribution in [2.45, 2.75) is 90.8 Å². The monoisotopic (exact) mass is 286 g/mol. The van der Waals surface area contributed by atoms with Gasteiger partial charge in [0.15, 0.2) is 0 Å². The number of rotatable bonds is 6. The molecule has 0 unspecified atom stereocenters. The largest absolute Gasteiger partial charge is 0.444 e. The molecule has 20 heavy (non-hydrogen) atoms. The Morgan fingerprint density at radius 3 is 1.85 bits per heavy atom. The minimum absolute atomic E-state index is 0.110. The van der Waals surface area contributed by atoms with E-state index in [2.05, 4.69) is 13.8 Å². The van der Waals surface area contributed by atoms with Gasteiger partial charge in [-0.25, -0.2) is 4.79 Å². The van der Waals surface area contributed by atoms with E-state index in [4.69, 9.17) is 10.5 Å². The molecule has 0 aliphatic heterocycles. The van der Waals surface area contributed by atoms with Gasteiger partial charge in [0, 0.05) is 18.1 Å². The van der Waals surface area contributed by atoms with Crippen LogP contribution in [0.1, 0.15) is 74.1 Å². The molecule has 0 aliphatic carbocycles. The fraction of sp³-hybridized carbons (Fsp3) is 0.938. The van der Waals surface area contributed by atoms with Crippen LogP contribution in [-0.4, -0.2) is 34.7 Å². The average molecular weight is 286 g/mol. The Bertz CT molecular complexity index is 311. The number of amides is 1. The third kappa shape index (κ3) is 8.41. The van der Waals surface area contributed by atoms with Crippen molar-refractivity contribution in [1.82, 2.24) is 4.90 Å². The molecule has 0 aromatic heterocycles. The molecule has 0 aromatic carbocycles. The van der Waals surface area contributed by atoms with Gasteiger partial charge in [0.1, 0.15) is 5.60 Å². The van der Waals surface area contributed by atoms with Crippen LogP contribution in [0, 0.1) is 0 Å². The van der Waals surface area contributed by atoms with Crippen molar-refractivity contribution in [3.05, 3.63) is 0 Å². The highest BCUT2D eigenvalue weighted by molar-refractivity contribution is 5.68. The number of hydrogen-bond acceptors (Lipinski definition) is 3. The maximum Gasteiger partial charge on any atom is 0.410 e. The van der Waals surface area contributed by atoms with E-state index in [1.54, 1.807) is 11.9 Å². The maximum atomic E-state index is 12.1. The molecule has 0 atom stereocenters. The summed E-state index contributed by atoms with van der Waals surface area (Å²) in [6.45, 7) is 13.9. The normalized spacial score (nSPS) is 13.2. The lowest BCUT2D eigenvalue weighted by atomic mass is 9.92. The van der Waals surface area contributed by atoms with Gasteiger partial charge in [-0.1, -0.05) is 12.8 Å². The first-order valence-corrected chi connectivity index (χ1v) is 7.50. The topological polar surface area (TPSA) is 55.6 Å². The molecule has 0 spiro atoms. The van der Waals surface area contributed by atoms with E-state index >= 15 is 0 Å². The number of unbranched alkanes of at least 4 members (excludes halogenated alkanes) is 1. The van der Waals surface area contributed by atoms with Crippen LogP contribution in [-0.2, 0) is 4.74 Å². The molecule has 2 N–H and O–H groups in total. The summed E-state index contributed by atoms with van der Waals surface area (Å²) >= 11 is 0. The Morgan fingerprint density at radius 2 is 1.45 bits per heavy atom. The van der Waals surface area contributed by atoms with Crippen LogP contribution >= 0.6 is 0 Å². The van der Waals surface area contributed by atoms with Crippen LogP contribution in [0.4, 0.5) is 4.79 Å². The Balaban J connectivity index is 4.31. The molecule has 0 heterocycles. The third-order valence-corrected chi connectivity index (χ3v) is 3.44. The summed E-state index contributed by atoms with van der Waals surface area (Å²) in [7, 11) is 1.81. The van der Waals surface area contributed by atoms with Crippen molar-refractivity contribution in [1.29, 1.82) is 0 Å². The summed E-state index contributed by atoms with van der Waals surface area (Å²) < 4.78 is 5.41. The van der Waals surface area contributed by atoms with Gasteiger partial charge in [0.05, 0.1) is 0 Å². The van der Waals surface area contributed by atoms with E-state index in [0.29, 0.717) is 0 Å². The maximum absolute atomic E-state index is 12.1. The smallest absolute Gasteiger partial charge is 0.410 e. The van der Waals surface area contributed by atoms with E-state index in [1.807, 2.05) is 34.6 Å². The molecular weight excluding hydrogens is 252 g/mol. The Hall–Kier alpha value is -0.770. The molecule has 0 saturated carbocycles. The van der Waals surface area contributed by atoms with E-state index < -0.39 is 5.60 Å². The highest BCUT2D eigenvalue weighted by atomic mass is 16.6. The number of carbonyl (C=O) groups is 1. The van der Waals surface area contributed by atoms with Gasteiger partial charge in [-0.15, -0.1) is 0 Å². The fourth-order valence-electron chi connectivity index (χ4n) is 1.88. The molecule has 0 saturated heterocycles. The quantitative estimate of drug-likeness (QED) is 0.753. The summed E-state index contributed by atoms with van der Waals surface area (Å²) in [6, 6.07) is 0. The van der Waals surface area contributed by atoms with Crippen LogP contribution in [0.2, 0.25) is 0 Å². The first-order chi connectivity index (χ1) is 8.75. The zero-order valence-electron chi connectivity index (χ0n) is 14.7. The number of ether oxygens (including phenoxy) is 1. The van der Waals surface area contributed by atoms with Crippen molar-refractivity contribution >= 4 is 6.09 Å². The molecule has 1 amide bonds. The molecule has 4 nitrogen and oxygen atoms in total. The van der Waals surface area contributed by atoms with Gasteiger partial charge >= 0.3 is 6.09 Å². The molecule has 4 heteroatoms. The Labute approximate surface area is 125 Å². The number of hydrogen-bond donors (Lipinski definition) is 1. The second-order valence-electron chi connectivity index (χ2n) is 8.05. The fourth-order valence-corrected chi connectivity index (χ4v) is 1.88. The lowest BCUT2D eigenvalue weighted by Crippen LogP contribution is -2.47. The van der Waals surface area contributed by atoms with Crippen LogP contribution < -0.4 is 5.73 Å². The standard InChI is InChI=1S/C16H34N2O2/c1-14(2,3)20-13(19)18(8)16(6,7)12-10-9-11-15(4,5)17/h9-12,17H2,1-8H3. The zero-order valence-corrected chi connectivity index (χ0v) is 14.7. The molecule has 0 bridgehead atoms. The summed E-state index contributed by atoms with van der Waals surface area (Å²) in [5, 5.41) is 0. The summed E-state index contributed by atoms with van der Waals surface area (Å²) in [5.74, 6) is 0. The number of nitrogens with two attached hydrogens (primary N) is 1. The summed E-state index contributed by atoms with van der Waals surface area (Å²) in [6.07, 6.45) is 3.81. The molecule has 0 aliphatic rings. The molecule has 0 aromatic rings. The number of nitrogens with zero attached hydrogens (tertiary/aromatic N) is 1. The van der Waals surface area contributed by atoms with Gasteiger partial charge in [-0.3, -0.25) is 0 Å². The van der Waals surface area contributed by atoms with Crippen molar-refractivity contribution in [3.8, 4) is 0 Å². The lowest BCUT2D eigenvalue weighted by Gasteiger charge is -2.37. The van der Waals surface area contributed by atoms with Crippen LogP contribution in [0.25, 0.3) is 0 Å². The Kier molecular flexibility index (Phi) is 6.53. The van der Waals surface area contributed by atoms with Gasteiger partial charge in [-0.2, -0.15) is 0 Å². The molecule has 0 fully saturated rings. The summed E-state index contributed by atoms with van der Waals surface area (Å²) in [4.78, 5) is 13.8. The van der Waals surface area contributed by atoms with Crippen molar-refractivity contribution in [2.24, 2.45) is 5.73 Å². The summed E-state index contributed by atoms with van der Waals surface area (Å²) in [5.41, 5.74) is 5.21. The minimum Gasteiger partial charge on any atom is -0.444 e. The Morgan fingerprint density at radius 1 is 1.00 bits per heavy atom. The third-order valence-electron chi connectivity index (χ3n) is 3.44. The van der Waals surface area contributed by atoms with Crippen molar-refractivity contribution in [2.75, 3.05) is 7.05 Å². The van der Waals surface area contributed by atoms with E-state index in [0.717, 1.165) is 25.7 Å². The molecule has 0 radical (unpaired) electrons. The SMILES string of the molecule is CN(C(=O)OC(C)(C)C)C(C)(C)CCCCC(C)(C)N. The number of carbonyl (C=O) groups excluding carboxylic acids is 1. The van der Waals surface area contributed by atoms with Gasteiger partial charge < -0.3 is 15.4 Å². The second-order valence-corrected chi connectivity index (χ2v) is 8.05. The predicted molar refractivity (Wildman–Crippen MR) is 84.8 cm³/mol. The first kappa shape index (κ1) is 19.2. The lowest BCUT2D eigenvalue weighted by molar-refractivity contribution is 0.00935.